The van der Waals surface area contributed by atoms with E-state index in [4.69, 9.17) is 9.72 Å². The Hall–Kier alpha value is -3.03. The van der Waals surface area contributed by atoms with E-state index in [1.54, 1.807) is 11.3 Å². The molecular weight excluding hydrogens is 394 g/mol. The fourth-order valence-corrected chi connectivity index (χ4v) is 4.57. The van der Waals surface area contributed by atoms with Gasteiger partial charge in [0.15, 0.2) is 0 Å². The standard InChI is InChI=1S/C23H23N5OS/c1-14-7-17(10-19(8-14)29-18-4-5-24-12-18)27-22-11-20-21(13-26-22)30-23(28-20)16-3-6-25-15(2)9-16/h3,6-11,13,18,24H,4-5,12H2,1-2H3,(H,26,27)/t18-/m0/s1. The van der Waals surface area contributed by atoms with Crippen LogP contribution in [0, 0.1) is 13.8 Å². The van der Waals surface area contributed by atoms with Gasteiger partial charge in [-0.05, 0) is 56.6 Å². The van der Waals surface area contributed by atoms with Crippen LogP contribution in [0.3, 0.4) is 0 Å². The Labute approximate surface area is 179 Å². The number of hydrogen-bond donors (Lipinski definition) is 2. The molecule has 4 heterocycles. The van der Waals surface area contributed by atoms with Gasteiger partial charge in [-0.15, -0.1) is 11.3 Å². The van der Waals surface area contributed by atoms with Crippen molar-refractivity contribution in [2.75, 3.05) is 18.4 Å². The van der Waals surface area contributed by atoms with Crippen molar-refractivity contribution in [3.63, 3.8) is 0 Å². The van der Waals surface area contributed by atoms with Gasteiger partial charge >= 0.3 is 0 Å². The average Bonchev–Trinajstić information content (AvgIpc) is 3.37. The smallest absolute Gasteiger partial charge is 0.132 e. The van der Waals surface area contributed by atoms with E-state index in [2.05, 4.69) is 45.7 Å². The molecule has 1 aliphatic rings. The summed E-state index contributed by atoms with van der Waals surface area (Å²) in [6.07, 6.45) is 4.97. The second-order valence-corrected chi connectivity index (χ2v) is 8.67. The highest BCUT2D eigenvalue weighted by atomic mass is 32.1. The number of benzene rings is 1. The van der Waals surface area contributed by atoms with Crippen LogP contribution in [0.25, 0.3) is 20.8 Å². The molecule has 152 valence electrons. The van der Waals surface area contributed by atoms with Gasteiger partial charge in [-0.3, -0.25) is 4.98 Å². The first-order valence-electron chi connectivity index (χ1n) is 10.1. The maximum atomic E-state index is 6.13. The van der Waals surface area contributed by atoms with E-state index in [1.165, 1.54) is 0 Å². The Bertz CT molecular complexity index is 1200. The molecule has 2 N–H and O–H groups in total. The zero-order valence-corrected chi connectivity index (χ0v) is 17.8. The lowest BCUT2D eigenvalue weighted by Gasteiger charge is -2.15. The van der Waals surface area contributed by atoms with Crippen molar-refractivity contribution in [1.29, 1.82) is 0 Å². The molecule has 0 aliphatic carbocycles. The number of nitrogens with one attached hydrogen (secondary N) is 2. The van der Waals surface area contributed by atoms with Gasteiger partial charge in [-0.2, -0.15) is 0 Å². The van der Waals surface area contributed by atoms with Crippen molar-refractivity contribution in [2.24, 2.45) is 0 Å². The summed E-state index contributed by atoms with van der Waals surface area (Å²) in [7, 11) is 0. The van der Waals surface area contributed by atoms with Gasteiger partial charge in [0.05, 0.1) is 10.2 Å². The summed E-state index contributed by atoms with van der Waals surface area (Å²) in [6, 6.07) is 12.2. The van der Waals surface area contributed by atoms with Gasteiger partial charge in [-0.25, -0.2) is 9.97 Å². The summed E-state index contributed by atoms with van der Waals surface area (Å²) >= 11 is 1.64. The zero-order valence-electron chi connectivity index (χ0n) is 17.0. The highest BCUT2D eigenvalue weighted by Crippen LogP contribution is 2.32. The third kappa shape index (κ3) is 4.13. The number of anilines is 2. The van der Waals surface area contributed by atoms with Crippen molar-refractivity contribution in [1.82, 2.24) is 20.3 Å². The highest BCUT2D eigenvalue weighted by Gasteiger charge is 2.16. The Kier molecular flexibility index (Phi) is 5.06. The van der Waals surface area contributed by atoms with Crippen molar-refractivity contribution in [3.8, 4) is 16.3 Å². The Morgan fingerprint density at radius 1 is 1.13 bits per heavy atom. The minimum Gasteiger partial charge on any atom is -0.489 e. The molecule has 0 radical (unpaired) electrons. The van der Waals surface area contributed by atoms with Crippen LogP contribution in [0.4, 0.5) is 11.5 Å². The largest absolute Gasteiger partial charge is 0.489 e. The first-order chi connectivity index (χ1) is 14.6. The molecule has 1 aliphatic heterocycles. The monoisotopic (exact) mass is 417 g/mol. The molecular formula is C23H23N5OS. The van der Waals surface area contributed by atoms with Crippen LogP contribution in [0.5, 0.6) is 5.75 Å². The molecule has 0 spiro atoms. The number of nitrogens with zero attached hydrogens (tertiary/aromatic N) is 3. The van der Waals surface area contributed by atoms with Gasteiger partial charge in [0, 0.05) is 48.0 Å². The fourth-order valence-electron chi connectivity index (χ4n) is 3.66. The van der Waals surface area contributed by atoms with Crippen LogP contribution < -0.4 is 15.4 Å². The third-order valence-electron chi connectivity index (χ3n) is 5.06. The van der Waals surface area contributed by atoms with Crippen molar-refractivity contribution >= 4 is 33.1 Å². The van der Waals surface area contributed by atoms with E-state index in [-0.39, 0.29) is 6.10 Å². The SMILES string of the molecule is Cc1cc(Nc2cc3nc(-c4ccnc(C)c4)sc3cn2)cc(O[C@H]2CCNC2)c1. The van der Waals surface area contributed by atoms with E-state index in [1.807, 2.05) is 37.5 Å². The number of pyridine rings is 2. The number of ether oxygens (including phenoxy) is 1. The third-order valence-corrected chi connectivity index (χ3v) is 6.11. The van der Waals surface area contributed by atoms with Gasteiger partial charge in [0.1, 0.15) is 22.7 Å². The fraction of sp³-hybridized carbons (Fsp3) is 0.261. The zero-order chi connectivity index (χ0) is 20.5. The minimum absolute atomic E-state index is 0.236. The normalized spacial score (nSPS) is 16.1. The summed E-state index contributed by atoms with van der Waals surface area (Å²) in [6.45, 7) is 5.98. The van der Waals surface area contributed by atoms with E-state index in [0.29, 0.717) is 0 Å². The molecule has 30 heavy (non-hydrogen) atoms. The predicted molar refractivity (Wildman–Crippen MR) is 122 cm³/mol. The van der Waals surface area contributed by atoms with Gasteiger partial charge in [-0.1, -0.05) is 0 Å². The number of thiazole rings is 1. The van der Waals surface area contributed by atoms with Crippen LogP contribution in [0.1, 0.15) is 17.7 Å². The quantitative estimate of drug-likeness (QED) is 0.483. The Morgan fingerprint density at radius 2 is 2.07 bits per heavy atom. The lowest BCUT2D eigenvalue weighted by Crippen LogP contribution is -2.19. The summed E-state index contributed by atoms with van der Waals surface area (Å²) in [4.78, 5) is 13.7. The van der Waals surface area contributed by atoms with Crippen molar-refractivity contribution in [2.45, 2.75) is 26.4 Å². The van der Waals surface area contributed by atoms with Crippen LogP contribution in [0.2, 0.25) is 0 Å². The minimum atomic E-state index is 0.236. The molecule has 0 bridgehead atoms. The van der Waals surface area contributed by atoms with E-state index in [9.17, 15) is 0 Å². The van der Waals surface area contributed by atoms with Gasteiger partial charge < -0.3 is 15.4 Å². The van der Waals surface area contributed by atoms with Crippen LogP contribution in [-0.4, -0.2) is 34.1 Å². The number of rotatable bonds is 5. The molecule has 0 unspecified atom stereocenters. The summed E-state index contributed by atoms with van der Waals surface area (Å²) in [5, 5.41) is 7.72. The second-order valence-electron chi connectivity index (χ2n) is 7.63. The van der Waals surface area contributed by atoms with E-state index >= 15 is 0 Å². The number of hydrogen-bond acceptors (Lipinski definition) is 7. The Balaban J connectivity index is 1.39. The van der Waals surface area contributed by atoms with E-state index in [0.717, 1.165) is 68.8 Å². The molecule has 1 atom stereocenters. The molecule has 1 fully saturated rings. The molecule has 0 saturated carbocycles. The van der Waals surface area contributed by atoms with Gasteiger partial charge in [0.25, 0.3) is 0 Å². The summed E-state index contributed by atoms with van der Waals surface area (Å²) in [5.74, 6) is 1.65. The maximum Gasteiger partial charge on any atom is 0.132 e. The molecule has 5 rings (SSSR count). The van der Waals surface area contributed by atoms with Gasteiger partial charge in [0.2, 0.25) is 0 Å². The predicted octanol–water partition coefficient (Wildman–Crippen LogP) is 4.85. The highest BCUT2D eigenvalue weighted by molar-refractivity contribution is 7.21. The number of fused-ring (bicyclic) bond motifs is 1. The van der Waals surface area contributed by atoms with Crippen molar-refractivity contribution < 1.29 is 4.74 Å². The summed E-state index contributed by atoms with van der Waals surface area (Å²) in [5.41, 5.74) is 5.11. The molecule has 0 amide bonds. The number of aryl methyl sites for hydroxylation is 2. The second kappa shape index (κ2) is 8.01. The molecule has 1 aromatic carbocycles. The average molecular weight is 418 g/mol. The molecule has 3 aromatic heterocycles. The van der Waals surface area contributed by atoms with E-state index < -0.39 is 0 Å². The van der Waals surface area contributed by atoms with Crippen LogP contribution in [0.15, 0.2) is 48.8 Å². The molecule has 7 heteroatoms. The summed E-state index contributed by atoms with van der Waals surface area (Å²) < 4.78 is 7.19. The topological polar surface area (TPSA) is 72.0 Å². The number of aromatic nitrogens is 3. The first kappa shape index (κ1) is 19.0. The lowest BCUT2D eigenvalue weighted by molar-refractivity contribution is 0.223. The van der Waals surface area contributed by atoms with Crippen LogP contribution in [-0.2, 0) is 0 Å². The van der Waals surface area contributed by atoms with Crippen LogP contribution >= 0.6 is 11.3 Å². The van der Waals surface area contributed by atoms with Crippen molar-refractivity contribution in [3.05, 3.63) is 60.0 Å². The molecule has 1 saturated heterocycles. The maximum absolute atomic E-state index is 6.13. The lowest BCUT2D eigenvalue weighted by atomic mass is 10.2. The Morgan fingerprint density at radius 3 is 2.90 bits per heavy atom. The molecule has 4 aromatic rings. The molecule has 6 nitrogen and oxygen atoms in total. The first-order valence-corrected chi connectivity index (χ1v) is 10.9.